The number of nitrogens with zero attached hydrogens (tertiary/aromatic N) is 1. The minimum absolute atomic E-state index is 0.327. The number of pyridine rings is 1. The zero-order valence-corrected chi connectivity index (χ0v) is 11.2. The van der Waals surface area contributed by atoms with E-state index < -0.39 is 5.97 Å². The van der Waals surface area contributed by atoms with Crippen molar-refractivity contribution in [2.24, 2.45) is 0 Å². The Balaban J connectivity index is 2.59. The number of hydrogen-bond donors (Lipinski definition) is 1. The molecule has 0 unspecified atom stereocenters. The molecule has 2 aromatic rings. The fraction of sp³-hybridized carbons (Fsp3) is 0.250. The summed E-state index contributed by atoms with van der Waals surface area (Å²) in [5, 5.41) is 9.45. The van der Waals surface area contributed by atoms with Gasteiger partial charge in [-0.1, -0.05) is 43.2 Å². The van der Waals surface area contributed by atoms with Crippen molar-refractivity contribution in [3.05, 3.63) is 53.3 Å². The first-order valence-electron chi connectivity index (χ1n) is 6.41. The number of aromatic nitrogens is 1. The first kappa shape index (κ1) is 13.3. The van der Waals surface area contributed by atoms with Gasteiger partial charge in [0.15, 0.2) is 0 Å². The predicted octanol–water partition coefficient (Wildman–Crippen LogP) is 3.71. The Bertz CT molecular complexity index is 588. The smallest absolute Gasteiger partial charge is 0.338 e. The largest absolute Gasteiger partial charge is 0.478 e. The number of benzene rings is 1. The Morgan fingerprint density at radius 1 is 1.21 bits per heavy atom. The summed E-state index contributed by atoms with van der Waals surface area (Å²) < 4.78 is 0. The Hall–Kier alpha value is -2.16. The molecular weight excluding hydrogens is 238 g/mol. The number of aromatic carboxylic acids is 1. The fourth-order valence-electron chi connectivity index (χ4n) is 2.14. The third kappa shape index (κ3) is 2.81. The van der Waals surface area contributed by atoms with Crippen molar-refractivity contribution in [2.45, 2.75) is 26.7 Å². The van der Waals surface area contributed by atoms with E-state index in [9.17, 15) is 9.90 Å². The molecule has 0 spiro atoms. The molecule has 0 saturated heterocycles. The van der Waals surface area contributed by atoms with Crippen molar-refractivity contribution in [1.82, 2.24) is 4.98 Å². The summed E-state index contributed by atoms with van der Waals surface area (Å²) in [4.78, 5) is 15.7. The number of aryl methyl sites for hydroxylation is 2. The summed E-state index contributed by atoms with van der Waals surface area (Å²) in [5.74, 6) is -0.910. The highest BCUT2D eigenvalue weighted by atomic mass is 16.4. The second-order valence-corrected chi connectivity index (χ2v) is 4.60. The van der Waals surface area contributed by atoms with Crippen LogP contribution in [-0.4, -0.2) is 16.1 Å². The van der Waals surface area contributed by atoms with Crippen LogP contribution in [0, 0.1) is 6.92 Å². The SMILES string of the molecule is CCCc1nccc(-c2ccc(C)cc2)c1C(=O)O. The molecule has 1 aromatic carbocycles. The number of hydrogen-bond acceptors (Lipinski definition) is 2. The number of rotatable bonds is 4. The molecule has 0 fully saturated rings. The van der Waals surface area contributed by atoms with Gasteiger partial charge in [0.25, 0.3) is 0 Å². The molecule has 0 saturated carbocycles. The molecule has 0 bridgehead atoms. The van der Waals surface area contributed by atoms with Crippen molar-refractivity contribution < 1.29 is 9.90 Å². The van der Waals surface area contributed by atoms with Crippen LogP contribution >= 0.6 is 0 Å². The zero-order chi connectivity index (χ0) is 13.8. The number of carboxylic acid groups (broad SMARTS) is 1. The lowest BCUT2D eigenvalue weighted by Gasteiger charge is -2.10. The third-order valence-electron chi connectivity index (χ3n) is 3.09. The molecule has 1 heterocycles. The molecule has 0 atom stereocenters. The van der Waals surface area contributed by atoms with Crippen LogP contribution in [-0.2, 0) is 6.42 Å². The van der Waals surface area contributed by atoms with Gasteiger partial charge in [0, 0.05) is 6.20 Å². The van der Waals surface area contributed by atoms with E-state index in [0.29, 0.717) is 17.7 Å². The normalized spacial score (nSPS) is 10.4. The fourth-order valence-corrected chi connectivity index (χ4v) is 2.14. The lowest BCUT2D eigenvalue weighted by molar-refractivity contribution is 0.0696. The second-order valence-electron chi connectivity index (χ2n) is 4.60. The molecule has 0 aliphatic heterocycles. The van der Waals surface area contributed by atoms with Crippen molar-refractivity contribution in [3.63, 3.8) is 0 Å². The average molecular weight is 255 g/mol. The highest BCUT2D eigenvalue weighted by Crippen LogP contribution is 2.26. The van der Waals surface area contributed by atoms with Gasteiger partial charge >= 0.3 is 5.97 Å². The molecule has 1 aromatic heterocycles. The van der Waals surface area contributed by atoms with Crippen LogP contribution in [0.3, 0.4) is 0 Å². The Labute approximate surface area is 112 Å². The molecule has 0 aliphatic rings. The van der Waals surface area contributed by atoms with E-state index in [0.717, 1.165) is 23.1 Å². The molecule has 1 N–H and O–H groups in total. The van der Waals surface area contributed by atoms with Crippen LogP contribution in [0.4, 0.5) is 0 Å². The maximum Gasteiger partial charge on any atom is 0.338 e. The summed E-state index contributed by atoms with van der Waals surface area (Å²) >= 11 is 0. The molecule has 0 amide bonds. The highest BCUT2D eigenvalue weighted by molar-refractivity contribution is 5.97. The van der Waals surface area contributed by atoms with Gasteiger partial charge in [0.2, 0.25) is 0 Å². The maximum atomic E-state index is 11.5. The van der Waals surface area contributed by atoms with Gasteiger partial charge in [-0.3, -0.25) is 4.98 Å². The summed E-state index contributed by atoms with van der Waals surface area (Å²) in [5.41, 5.74) is 3.80. The van der Waals surface area contributed by atoms with Crippen LogP contribution in [0.2, 0.25) is 0 Å². The summed E-state index contributed by atoms with van der Waals surface area (Å²) in [6, 6.07) is 9.65. The van der Waals surface area contributed by atoms with Crippen molar-refractivity contribution >= 4 is 5.97 Å². The average Bonchev–Trinajstić information content (AvgIpc) is 2.39. The van der Waals surface area contributed by atoms with Gasteiger partial charge in [0.05, 0.1) is 11.3 Å². The number of carbonyl (C=O) groups is 1. The van der Waals surface area contributed by atoms with Crippen LogP contribution in [0.1, 0.15) is 35.0 Å². The molecule has 0 aliphatic carbocycles. The second kappa shape index (κ2) is 5.65. The molecule has 98 valence electrons. The van der Waals surface area contributed by atoms with Crippen molar-refractivity contribution in [3.8, 4) is 11.1 Å². The monoisotopic (exact) mass is 255 g/mol. The van der Waals surface area contributed by atoms with Gasteiger partial charge in [-0.25, -0.2) is 4.79 Å². The summed E-state index contributed by atoms with van der Waals surface area (Å²) in [6.07, 6.45) is 3.25. The highest BCUT2D eigenvalue weighted by Gasteiger charge is 2.17. The van der Waals surface area contributed by atoms with Gasteiger partial charge < -0.3 is 5.11 Å². The number of carboxylic acids is 1. The molecule has 3 nitrogen and oxygen atoms in total. The van der Waals surface area contributed by atoms with Gasteiger partial charge in [-0.2, -0.15) is 0 Å². The standard InChI is InChI=1S/C16H17NO2/c1-3-4-14-15(16(18)19)13(9-10-17-14)12-7-5-11(2)6-8-12/h5-10H,3-4H2,1-2H3,(H,18,19). The van der Waals surface area contributed by atoms with Crippen LogP contribution in [0.15, 0.2) is 36.5 Å². The van der Waals surface area contributed by atoms with E-state index in [-0.39, 0.29) is 0 Å². The lowest BCUT2D eigenvalue weighted by atomic mass is 9.97. The topological polar surface area (TPSA) is 50.2 Å². The molecule has 19 heavy (non-hydrogen) atoms. The minimum Gasteiger partial charge on any atom is -0.478 e. The predicted molar refractivity (Wildman–Crippen MR) is 75.4 cm³/mol. The Kier molecular flexibility index (Phi) is 3.95. The minimum atomic E-state index is -0.910. The lowest BCUT2D eigenvalue weighted by Crippen LogP contribution is -2.07. The maximum absolute atomic E-state index is 11.5. The van der Waals surface area contributed by atoms with E-state index in [2.05, 4.69) is 4.98 Å². The Morgan fingerprint density at radius 3 is 2.47 bits per heavy atom. The summed E-state index contributed by atoms with van der Waals surface area (Å²) in [7, 11) is 0. The molecule has 2 rings (SSSR count). The molecule has 0 radical (unpaired) electrons. The quantitative estimate of drug-likeness (QED) is 0.906. The van der Waals surface area contributed by atoms with Crippen molar-refractivity contribution in [1.29, 1.82) is 0 Å². The van der Waals surface area contributed by atoms with E-state index in [1.54, 1.807) is 12.3 Å². The van der Waals surface area contributed by atoms with Gasteiger partial charge in [-0.15, -0.1) is 0 Å². The first-order valence-corrected chi connectivity index (χ1v) is 6.41. The van der Waals surface area contributed by atoms with Crippen molar-refractivity contribution in [2.75, 3.05) is 0 Å². The first-order chi connectivity index (χ1) is 9.13. The summed E-state index contributed by atoms with van der Waals surface area (Å²) in [6.45, 7) is 4.03. The van der Waals surface area contributed by atoms with Gasteiger partial charge in [-0.05, 0) is 30.5 Å². The van der Waals surface area contributed by atoms with Crippen LogP contribution in [0.5, 0.6) is 0 Å². The van der Waals surface area contributed by atoms with E-state index >= 15 is 0 Å². The molecule has 3 heteroatoms. The van der Waals surface area contributed by atoms with E-state index in [1.807, 2.05) is 38.1 Å². The molecular formula is C16H17NO2. The third-order valence-corrected chi connectivity index (χ3v) is 3.09. The van der Waals surface area contributed by atoms with Crippen LogP contribution < -0.4 is 0 Å². The zero-order valence-electron chi connectivity index (χ0n) is 11.2. The Morgan fingerprint density at radius 2 is 1.89 bits per heavy atom. The van der Waals surface area contributed by atoms with E-state index in [1.165, 1.54) is 0 Å². The van der Waals surface area contributed by atoms with E-state index in [4.69, 9.17) is 0 Å². The van der Waals surface area contributed by atoms with Gasteiger partial charge in [0.1, 0.15) is 0 Å². The van der Waals surface area contributed by atoms with Crippen LogP contribution in [0.25, 0.3) is 11.1 Å².